The van der Waals surface area contributed by atoms with Gasteiger partial charge in [-0.15, -0.1) is 0 Å². The molecule has 0 unspecified atom stereocenters. The van der Waals surface area contributed by atoms with Crippen LogP contribution in [0.25, 0.3) is 6.08 Å². The second-order valence-electron chi connectivity index (χ2n) is 6.40. The van der Waals surface area contributed by atoms with Crippen molar-refractivity contribution in [3.63, 3.8) is 0 Å². The third kappa shape index (κ3) is 4.22. The molecule has 2 heterocycles. The number of thioether (sulfide) groups is 1. The second kappa shape index (κ2) is 8.60. The third-order valence-corrected chi connectivity index (χ3v) is 5.53. The molecule has 0 aliphatic carbocycles. The minimum atomic E-state index is -0.223. The summed E-state index contributed by atoms with van der Waals surface area (Å²) in [5.74, 6) is 0.989. The molecule has 0 aromatic heterocycles. The van der Waals surface area contributed by atoms with Crippen LogP contribution >= 0.6 is 11.8 Å². The fraction of sp³-hybridized carbons (Fsp3) is 0.474. The van der Waals surface area contributed by atoms with Gasteiger partial charge in [-0.3, -0.25) is 19.4 Å². The Hall–Kier alpha value is -1.99. The molecule has 1 aromatic carbocycles. The number of methoxy groups -OCH3 is 2. The van der Waals surface area contributed by atoms with Gasteiger partial charge in [0.1, 0.15) is 0 Å². The number of hydrogen-bond acceptors (Lipinski definition) is 6. The summed E-state index contributed by atoms with van der Waals surface area (Å²) in [6, 6.07) is 5.41. The number of imide groups is 1. The van der Waals surface area contributed by atoms with Crippen LogP contribution in [0.3, 0.4) is 0 Å². The number of carbonyl (C=O) groups is 2. The van der Waals surface area contributed by atoms with Gasteiger partial charge in [-0.25, -0.2) is 0 Å². The maximum absolute atomic E-state index is 12.7. The quantitative estimate of drug-likeness (QED) is 0.732. The van der Waals surface area contributed by atoms with Gasteiger partial charge < -0.3 is 9.47 Å². The summed E-state index contributed by atoms with van der Waals surface area (Å²) in [4.78, 5) is 29.0. The largest absolute Gasteiger partial charge is 0.493 e. The molecule has 2 aliphatic heterocycles. The summed E-state index contributed by atoms with van der Waals surface area (Å²) in [7, 11) is 3.14. The average Bonchev–Trinajstić information content (AvgIpc) is 2.85. The van der Waals surface area contributed by atoms with Gasteiger partial charge in [0, 0.05) is 0 Å². The topological polar surface area (TPSA) is 59.1 Å². The van der Waals surface area contributed by atoms with Crippen LogP contribution in [-0.2, 0) is 4.79 Å². The minimum absolute atomic E-state index is 0.203. The Morgan fingerprint density at radius 1 is 1.04 bits per heavy atom. The van der Waals surface area contributed by atoms with Gasteiger partial charge in [0.15, 0.2) is 11.5 Å². The molecular formula is C19H24N2O4S. The Bertz CT molecular complexity index is 711. The molecule has 0 spiro atoms. The fourth-order valence-corrected chi connectivity index (χ4v) is 4.02. The maximum atomic E-state index is 12.7. The first-order valence-corrected chi connectivity index (χ1v) is 9.64. The van der Waals surface area contributed by atoms with E-state index in [-0.39, 0.29) is 11.1 Å². The lowest BCUT2D eigenvalue weighted by Gasteiger charge is -2.24. The molecule has 2 saturated heterocycles. The van der Waals surface area contributed by atoms with E-state index in [9.17, 15) is 9.59 Å². The SMILES string of the molecule is COc1ccc(/C=C2\SC(=O)N(CN3CCCCCC3)C2=O)cc1OC. The molecule has 2 aliphatic rings. The van der Waals surface area contributed by atoms with Gasteiger partial charge >= 0.3 is 0 Å². The van der Waals surface area contributed by atoms with E-state index in [0.29, 0.717) is 23.1 Å². The van der Waals surface area contributed by atoms with Crippen molar-refractivity contribution in [3.8, 4) is 11.5 Å². The molecule has 2 amide bonds. The van der Waals surface area contributed by atoms with Crippen LogP contribution in [0.15, 0.2) is 23.1 Å². The molecule has 6 nitrogen and oxygen atoms in total. The van der Waals surface area contributed by atoms with Crippen molar-refractivity contribution < 1.29 is 19.1 Å². The van der Waals surface area contributed by atoms with Crippen molar-refractivity contribution in [2.75, 3.05) is 34.0 Å². The Balaban J connectivity index is 1.74. The molecule has 0 bridgehead atoms. The molecule has 0 radical (unpaired) electrons. The first-order valence-electron chi connectivity index (χ1n) is 8.82. The number of ether oxygens (including phenoxy) is 2. The summed E-state index contributed by atoms with van der Waals surface area (Å²) in [5, 5.41) is -0.203. The zero-order valence-electron chi connectivity index (χ0n) is 15.2. The van der Waals surface area contributed by atoms with E-state index in [1.54, 1.807) is 32.4 Å². The molecule has 0 saturated carbocycles. The smallest absolute Gasteiger partial charge is 0.294 e. The standard InChI is InChI=1S/C19H24N2O4S/c1-24-15-8-7-14(11-16(15)25-2)12-17-18(22)21(19(23)26-17)13-20-9-5-3-4-6-10-20/h7-8,11-12H,3-6,9-10,13H2,1-2H3/b17-12-. The van der Waals surface area contributed by atoms with Gasteiger partial charge in [0.05, 0.1) is 25.8 Å². The van der Waals surface area contributed by atoms with Gasteiger partial charge in [-0.2, -0.15) is 0 Å². The Kier molecular flexibility index (Phi) is 6.21. The predicted octanol–water partition coefficient (Wildman–Crippen LogP) is 3.57. The lowest BCUT2D eigenvalue weighted by atomic mass is 10.2. The normalized spacial score (nSPS) is 20.5. The van der Waals surface area contributed by atoms with Crippen molar-refractivity contribution >= 4 is 29.0 Å². The van der Waals surface area contributed by atoms with Crippen LogP contribution in [0, 0.1) is 0 Å². The second-order valence-corrected chi connectivity index (χ2v) is 7.39. The van der Waals surface area contributed by atoms with E-state index in [1.807, 2.05) is 6.07 Å². The number of hydrogen-bond donors (Lipinski definition) is 0. The number of likely N-dealkylation sites (tertiary alicyclic amines) is 1. The van der Waals surface area contributed by atoms with Gasteiger partial charge in [0.2, 0.25) is 0 Å². The van der Waals surface area contributed by atoms with Gasteiger partial charge in [0.25, 0.3) is 11.1 Å². The Morgan fingerprint density at radius 3 is 2.38 bits per heavy atom. The molecule has 140 valence electrons. The Labute approximate surface area is 158 Å². The molecule has 0 N–H and O–H groups in total. The number of nitrogens with zero attached hydrogens (tertiary/aromatic N) is 2. The summed E-state index contributed by atoms with van der Waals surface area (Å²) >= 11 is 0.994. The van der Waals surface area contributed by atoms with Crippen molar-refractivity contribution in [1.82, 2.24) is 9.80 Å². The summed E-state index contributed by atoms with van der Waals surface area (Å²) < 4.78 is 10.5. The van der Waals surface area contributed by atoms with Crippen molar-refractivity contribution in [2.24, 2.45) is 0 Å². The van der Waals surface area contributed by atoms with Crippen LogP contribution in [0.4, 0.5) is 4.79 Å². The lowest BCUT2D eigenvalue weighted by Crippen LogP contribution is -2.40. The van der Waals surface area contributed by atoms with Gasteiger partial charge in [-0.1, -0.05) is 18.9 Å². The predicted molar refractivity (Wildman–Crippen MR) is 102 cm³/mol. The molecule has 0 atom stereocenters. The van der Waals surface area contributed by atoms with Crippen LogP contribution in [0.5, 0.6) is 11.5 Å². The van der Waals surface area contributed by atoms with Crippen molar-refractivity contribution in [1.29, 1.82) is 0 Å². The molecule has 1 aromatic rings. The lowest BCUT2D eigenvalue weighted by molar-refractivity contribution is -0.124. The average molecular weight is 376 g/mol. The minimum Gasteiger partial charge on any atom is -0.493 e. The van der Waals surface area contributed by atoms with Gasteiger partial charge in [-0.05, 0) is 61.5 Å². The van der Waals surface area contributed by atoms with Crippen molar-refractivity contribution in [3.05, 3.63) is 28.7 Å². The zero-order chi connectivity index (χ0) is 18.5. The number of benzene rings is 1. The Morgan fingerprint density at radius 2 is 1.73 bits per heavy atom. The highest BCUT2D eigenvalue weighted by Gasteiger charge is 2.36. The molecule has 3 rings (SSSR count). The zero-order valence-corrected chi connectivity index (χ0v) is 16.0. The van der Waals surface area contributed by atoms with E-state index in [4.69, 9.17) is 9.47 Å². The highest BCUT2D eigenvalue weighted by molar-refractivity contribution is 8.18. The van der Waals surface area contributed by atoms with Crippen LogP contribution in [-0.4, -0.2) is 54.9 Å². The highest BCUT2D eigenvalue weighted by Crippen LogP contribution is 2.34. The van der Waals surface area contributed by atoms with E-state index in [0.717, 1.165) is 43.3 Å². The maximum Gasteiger partial charge on any atom is 0.294 e. The molecular weight excluding hydrogens is 352 g/mol. The number of rotatable bonds is 5. The monoisotopic (exact) mass is 376 g/mol. The summed E-state index contributed by atoms with van der Waals surface area (Å²) in [6.45, 7) is 2.26. The molecule has 7 heteroatoms. The number of amides is 2. The van der Waals surface area contributed by atoms with Crippen LogP contribution < -0.4 is 9.47 Å². The summed E-state index contributed by atoms with van der Waals surface area (Å²) in [6.07, 6.45) is 6.42. The third-order valence-electron chi connectivity index (χ3n) is 4.62. The van der Waals surface area contributed by atoms with E-state index in [1.165, 1.54) is 17.7 Å². The summed E-state index contributed by atoms with van der Waals surface area (Å²) in [5.41, 5.74) is 0.794. The fourth-order valence-electron chi connectivity index (χ4n) is 3.19. The first kappa shape index (κ1) is 18.8. The van der Waals surface area contributed by atoms with Crippen LogP contribution in [0.1, 0.15) is 31.2 Å². The number of carbonyl (C=O) groups excluding carboxylic acids is 2. The van der Waals surface area contributed by atoms with Crippen LogP contribution in [0.2, 0.25) is 0 Å². The highest BCUT2D eigenvalue weighted by atomic mass is 32.2. The van der Waals surface area contributed by atoms with E-state index in [2.05, 4.69) is 4.90 Å². The molecule has 2 fully saturated rings. The van der Waals surface area contributed by atoms with E-state index < -0.39 is 0 Å². The van der Waals surface area contributed by atoms with E-state index >= 15 is 0 Å². The van der Waals surface area contributed by atoms with Crippen molar-refractivity contribution in [2.45, 2.75) is 25.7 Å². The molecule has 26 heavy (non-hydrogen) atoms. The first-order chi connectivity index (χ1) is 12.6.